The third-order valence-corrected chi connectivity index (χ3v) is 2.78. The summed E-state index contributed by atoms with van der Waals surface area (Å²) < 4.78 is 0. The molecule has 4 nitrogen and oxygen atoms in total. The van der Waals surface area contributed by atoms with E-state index in [2.05, 4.69) is 0 Å². The van der Waals surface area contributed by atoms with Crippen molar-refractivity contribution in [1.82, 2.24) is 4.90 Å². The molecule has 0 aromatic heterocycles. The minimum atomic E-state index is -0.851. The number of piperidine rings is 1. The smallest absolute Gasteiger partial charge is 0.407 e. The number of amides is 1. The fraction of sp³-hybridized carbons (Fsp3) is 0.889. The van der Waals surface area contributed by atoms with Crippen LogP contribution in [0, 0.1) is 5.92 Å². The van der Waals surface area contributed by atoms with Gasteiger partial charge in [-0.15, -0.1) is 0 Å². The van der Waals surface area contributed by atoms with E-state index in [1.807, 2.05) is 13.8 Å². The molecule has 1 aliphatic heterocycles. The molecule has 0 bridgehead atoms. The van der Waals surface area contributed by atoms with Crippen molar-refractivity contribution in [3.63, 3.8) is 0 Å². The van der Waals surface area contributed by atoms with Gasteiger partial charge in [0.05, 0.1) is 0 Å². The lowest BCUT2D eigenvalue weighted by molar-refractivity contribution is 0.0474. The molecule has 1 saturated heterocycles. The van der Waals surface area contributed by atoms with Gasteiger partial charge in [0, 0.05) is 18.7 Å². The summed E-state index contributed by atoms with van der Waals surface area (Å²) in [4.78, 5) is 12.3. The normalized spacial score (nSPS) is 34.7. The monoisotopic (exact) mass is 187 g/mol. The Morgan fingerprint density at radius 1 is 1.38 bits per heavy atom. The van der Waals surface area contributed by atoms with Gasteiger partial charge in [-0.25, -0.2) is 4.79 Å². The Hall–Kier alpha value is -0.770. The van der Waals surface area contributed by atoms with E-state index < -0.39 is 6.09 Å². The SMILES string of the molecule is C[C@@H]1CC(CO)C[C@H](C)N1C(=O)O. The van der Waals surface area contributed by atoms with Crippen molar-refractivity contribution in [2.75, 3.05) is 6.61 Å². The largest absolute Gasteiger partial charge is 0.465 e. The molecular formula is C9H17NO3. The van der Waals surface area contributed by atoms with Crippen molar-refractivity contribution in [3.8, 4) is 0 Å². The standard InChI is InChI=1S/C9H17NO3/c1-6-3-8(5-11)4-7(2)10(6)9(12)13/h6-8,11H,3-5H2,1-2H3,(H,12,13)/t6-,7+,8?. The highest BCUT2D eigenvalue weighted by atomic mass is 16.4. The van der Waals surface area contributed by atoms with Crippen LogP contribution < -0.4 is 0 Å². The molecule has 0 aliphatic carbocycles. The first-order valence-corrected chi connectivity index (χ1v) is 4.68. The number of rotatable bonds is 1. The Bertz CT molecular complexity index is 183. The third kappa shape index (κ3) is 2.12. The maximum Gasteiger partial charge on any atom is 0.407 e. The first-order valence-electron chi connectivity index (χ1n) is 4.68. The molecule has 0 spiro atoms. The number of carboxylic acid groups (broad SMARTS) is 1. The van der Waals surface area contributed by atoms with Gasteiger partial charge in [0.25, 0.3) is 0 Å². The number of likely N-dealkylation sites (tertiary alicyclic amines) is 1. The highest BCUT2D eigenvalue weighted by Crippen LogP contribution is 2.27. The van der Waals surface area contributed by atoms with E-state index in [1.165, 1.54) is 4.90 Å². The highest BCUT2D eigenvalue weighted by molar-refractivity contribution is 5.66. The Morgan fingerprint density at radius 3 is 2.15 bits per heavy atom. The van der Waals surface area contributed by atoms with Crippen LogP contribution in [0.3, 0.4) is 0 Å². The average molecular weight is 187 g/mol. The molecule has 0 aromatic rings. The molecule has 76 valence electrons. The van der Waals surface area contributed by atoms with Crippen molar-refractivity contribution in [1.29, 1.82) is 0 Å². The molecule has 0 radical (unpaired) electrons. The number of aliphatic hydroxyl groups excluding tert-OH is 1. The van der Waals surface area contributed by atoms with Crippen LogP contribution in [-0.4, -0.2) is 39.9 Å². The fourth-order valence-electron chi connectivity index (χ4n) is 2.25. The summed E-state index contributed by atoms with van der Waals surface area (Å²) >= 11 is 0. The molecule has 1 fully saturated rings. The molecule has 1 amide bonds. The zero-order valence-electron chi connectivity index (χ0n) is 8.10. The van der Waals surface area contributed by atoms with Crippen molar-refractivity contribution >= 4 is 6.09 Å². The van der Waals surface area contributed by atoms with Crippen molar-refractivity contribution < 1.29 is 15.0 Å². The highest BCUT2D eigenvalue weighted by Gasteiger charge is 2.33. The molecule has 2 N–H and O–H groups in total. The van der Waals surface area contributed by atoms with Gasteiger partial charge < -0.3 is 15.1 Å². The minimum Gasteiger partial charge on any atom is -0.465 e. The second kappa shape index (κ2) is 3.96. The van der Waals surface area contributed by atoms with E-state index in [0.717, 1.165) is 12.8 Å². The van der Waals surface area contributed by atoms with Crippen LogP contribution >= 0.6 is 0 Å². The van der Waals surface area contributed by atoms with Crippen LogP contribution in [-0.2, 0) is 0 Å². The summed E-state index contributed by atoms with van der Waals surface area (Å²) in [5.41, 5.74) is 0. The van der Waals surface area contributed by atoms with E-state index in [9.17, 15) is 4.79 Å². The molecule has 1 unspecified atom stereocenters. The first-order chi connectivity index (χ1) is 6.06. The van der Waals surface area contributed by atoms with Gasteiger partial charge >= 0.3 is 6.09 Å². The number of hydrogen-bond acceptors (Lipinski definition) is 2. The Balaban J connectivity index is 2.64. The molecule has 1 aliphatic rings. The lowest BCUT2D eigenvalue weighted by Gasteiger charge is -2.40. The van der Waals surface area contributed by atoms with Crippen molar-refractivity contribution in [2.24, 2.45) is 5.92 Å². The quantitative estimate of drug-likeness (QED) is 0.647. The van der Waals surface area contributed by atoms with Gasteiger partial charge in [-0.2, -0.15) is 0 Å². The molecule has 3 atom stereocenters. The first kappa shape index (κ1) is 10.3. The molecule has 1 rings (SSSR count). The maximum absolute atomic E-state index is 10.8. The van der Waals surface area contributed by atoms with Crippen LogP contribution in [0.5, 0.6) is 0 Å². The molecule has 13 heavy (non-hydrogen) atoms. The summed E-state index contributed by atoms with van der Waals surface area (Å²) in [7, 11) is 0. The number of hydrogen-bond donors (Lipinski definition) is 2. The van der Waals surface area contributed by atoms with Crippen LogP contribution in [0.25, 0.3) is 0 Å². The zero-order valence-corrected chi connectivity index (χ0v) is 8.10. The van der Waals surface area contributed by atoms with Gasteiger partial charge in [0.15, 0.2) is 0 Å². The Labute approximate surface area is 78.2 Å². The van der Waals surface area contributed by atoms with E-state index in [4.69, 9.17) is 10.2 Å². The summed E-state index contributed by atoms with van der Waals surface area (Å²) in [5.74, 6) is 0.264. The lowest BCUT2D eigenvalue weighted by atomic mass is 9.88. The van der Waals surface area contributed by atoms with Gasteiger partial charge in [-0.3, -0.25) is 0 Å². The predicted octanol–water partition coefficient (Wildman–Crippen LogP) is 1.15. The van der Waals surface area contributed by atoms with Gasteiger partial charge in [-0.05, 0) is 32.6 Å². The average Bonchev–Trinajstić information content (AvgIpc) is 2.02. The molecule has 0 saturated carbocycles. The van der Waals surface area contributed by atoms with Gasteiger partial charge in [-0.1, -0.05) is 0 Å². The number of carbonyl (C=O) groups is 1. The van der Waals surface area contributed by atoms with Crippen molar-refractivity contribution in [3.05, 3.63) is 0 Å². The number of aliphatic hydroxyl groups is 1. The Morgan fingerprint density at radius 2 is 1.85 bits per heavy atom. The minimum absolute atomic E-state index is 0.0263. The van der Waals surface area contributed by atoms with E-state index in [0.29, 0.717) is 0 Å². The third-order valence-electron chi connectivity index (χ3n) is 2.78. The summed E-state index contributed by atoms with van der Waals surface area (Å²) in [6.45, 7) is 3.96. The molecule has 0 aromatic carbocycles. The summed E-state index contributed by atoms with van der Waals surface area (Å²) in [5, 5.41) is 17.9. The second-order valence-corrected chi connectivity index (χ2v) is 3.91. The summed E-state index contributed by atoms with van der Waals surface area (Å²) in [6.07, 6.45) is 0.691. The summed E-state index contributed by atoms with van der Waals surface area (Å²) in [6, 6.07) is 0.0526. The second-order valence-electron chi connectivity index (χ2n) is 3.91. The Kier molecular flexibility index (Phi) is 3.14. The van der Waals surface area contributed by atoms with E-state index in [1.54, 1.807) is 0 Å². The maximum atomic E-state index is 10.8. The van der Waals surface area contributed by atoms with Crippen LogP contribution in [0.2, 0.25) is 0 Å². The van der Waals surface area contributed by atoms with Crippen LogP contribution in [0.15, 0.2) is 0 Å². The van der Waals surface area contributed by atoms with Gasteiger partial charge in [0.1, 0.15) is 0 Å². The van der Waals surface area contributed by atoms with Crippen molar-refractivity contribution in [2.45, 2.75) is 38.8 Å². The fourth-order valence-corrected chi connectivity index (χ4v) is 2.25. The molecule has 1 heterocycles. The topological polar surface area (TPSA) is 60.8 Å². The van der Waals surface area contributed by atoms with Gasteiger partial charge in [0.2, 0.25) is 0 Å². The predicted molar refractivity (Wildman–Crippen MR) is 48.6 cm³/mol. The molecular weight excluding hydrogens is 170 g/mol. The zero-order chi connectivity index (χ0) is 10.0. The lowest BCUT2D eigenvalue weighted by Crippen LogP contribution is -2.49. The van der Waals surface area contributed by atoms with Crippen LogP contribution in [0.1, 0.15) is 26.7 Å². The van der Waals surface area contributed by atoms with Crippen LogP contribution in [0.4, 0.5) is 4.79 Å². The van der Waals surface area contributed by atoms with E-state index in [-0.39, 0.29) is 24.6 Å². The molecule has 4 heteroatoms. The van der Waals surface area contributed by atoms with E-state index >= 15 is 0 Å². The number of nitrogens with zero attached hydrogens (tertiary/aromatic N) is 1.